The Balaban J connectivity index is 1.03. The van der Waals surface area contributed by atoms with Gasteiger partial charge in [0.25, 0.3) is 0 Å². The molecule has 11 aromatic rings. The zero-order valence-corrected chi connectivity index (χ0v) is 36.2. The summed E-state index contributed by atoms with van der Waals surface area (Å²) in [6, 6.07) is 84.7. The van der Waals surface area contributed by atoms with Gasteiger partial charge in [-0.25, -0.2) is 0 Å². The highest BCUT2D eigenvalue weighted by molar-refractivity contribution is 7.26. The first-order valence-electron chi connectivity index (χ1n) is 21.7. The fourth-order valence-corrected chi connectivity index (χ4v) is 10.5. The molecule has 0 aliphatic rings. The van der Waals surface area contributed by atoms with Crippen molar-refractivity contribution in [3.63, 3.8) is 0 Å². The van der Waals surface area contributed by atoms with Crippen LogP contribution in [0.2, 0.25) is 0 Å². The normalized spacial score (nSPS) is 11.3. The summed E-state index contributed by atoms with van der Waals surface area (Å²) in [7, 11) is 0. The smallest absolute Gasteiger partial charge is 0.0434 e. The van der Waals surface area contributed by atoms with E-state index in [0.29, 0.717) is 0 Å². The Hall–Kier alpha value is -7.58. The van der Waals surface area contributed by atoms with Gasteiger partial charge in [-0.05, 0) is 187 Å². The van der Waals surface area contributed by atoms with E-state index in [4.69, 9.17) is 0 Å². The van der Waals surface area contributed by atoms with E-state index in [1.165, 1.54) is 120 Å². The lowest BCUT2D eigenvalue weighted by Crippen LogP contribution is -1.87. The third kappa shape index (κ3) is 7.58. The molecule has 298 valence electrons. The summed E-state index contributed by atoms with van der Waals surface area (Å²) in [6.07, 6.45) is 0. The van der Waals surface area contributed by atoms with Crippen LogP contribution >= 0.6 is 11.3 Å². The monoisotopic (exact) mass is 820 g/mol. The Kier molecular flexibility index (Phi) is 9.96. The second-order valence-electron chi connectivity index (χ2n) is 16.7. The number of hydrogen-bond acceptors (Lipinski definition) is 1. The number of thiophene rings is 1. The average Bonchev–Trinajstić information content (AvgIpc) is 3.72. The standard InChI is InChI=1S/C62H44S/c1-41-29-57(49-27-15-25-47(33-49)55-37-51(43-17-7-3-8-18-43)35-52(38-55)44-19-9-4-10-20-44)61-59(31-41)60-32-42(2)30-58(62(60)63-61)50-28-16-26-48(34-50)56-39-53(45-21-11-5-12-22-45)36-54(40-56)46-23-13-6-14-24-46/h3-40H,1-2H3. The van der Waals surface area contributed by atoms with Crippen molar-refractivity contribution in [1.82, 2.24) is 0 Å². The molecule has 0 N–H and O–H groups in total. The van der Waals surface area contributed by atoms with Crippen molar-refractivity contribution in [2.75, 3.05) is 0 Å². The van der Waals surface area contributed by atoms with Gasteiger partial charge in [-0.15, -0.1) is 11.3 Å². The predicted molar refractivity (Wildman–Crippen MR) is 272 cm³/mol. The van der Waals surface area contributed by atoms with Crippen molar-refractivity contribution in [3.8, 4) is 89.0 Å². The van der Waals surface area contributed by atoms with Gasteiger partial charge in [0.2, 0.25) is 0 Å². The highest BCUT2D eigenvalue weighted by atomic mass is 32.1. The van der Waals surface area contributed by atoms with Gasteiger partial charge in [-0.2, -0.15) is 0 Å². The molecule has 1 heterocycles. The Morgan fingerprint density at radius 1 is 0.222 bits per heavy atom. The summed E-state index contributed by atoms with van der Waals surface area (Å²) >= 11 is 1.92. The molecule has 0 amide bonds. The first-order chi connectivity index (χ1) is 31.0. The third-order valence-corrected chi connectivity index (χ3v) is 13.6. The lowest BCUT2D eigenvalue weighted by Gasteiger charge is -2.13. The molecule has 0 saturated heterocycles. The van der Waals surface area contributed by atoms with Crippen LogP contribution in [-0.2, 0) is 0 Å². The van der Waals surface area contributed by atoms with E-state index < -0.39 is 0 Å². The summed E-state index contributed by atoms with van der Waals surface area (Å²) in [5.74, 6) is 0. The maximum Gasteiger partial charge on any atom is 0.0434 e. The van der Waals surface area contributed by atoms with E-state index in [1.807, 2.05) is 11.3 Å². The van der Waals surface area contributed by atoms with Crippen LogP contribution in [0.3, 0.4) is 0 Å². The number of benzene rings is 10. The molecule has 1 aromatic heterocycles. The van der Waals surface area contributed by atoms with E-state index >= 15 is 0 Å². The van der Waals surface area contributed by atoms with Crippen LogP contribution in [0.15, 0.2) is 231 Å². The van der Waals surface area contributed by atoms with Gasteiger partial charge in [0.05, 0.1) is 0 Å². The van der Waals surface area contributed by atoms with Gasteiger partial charge >= 0.3 is 0 Å². The van der Waals surface area contributed by atoms with Crippen molar-refractivity contribution < 1.29 is 0 Å². The first kappa shape index (κ1) is 38.3. The molecule has 0 radical (unpaired) electrons. The molecule has 0 bridgehead atoms. The van der Waals surface area contributed by atoms with E-state index in [-0.39, 0.29) is 0 Å². The van der Waals surface area contributed by atoms with E-state index in [9.17, 15) is 0 Å². The van der Waals surface area contributed by atoms with Crippen LogP contribution < -0.4 is 0 Å². The SMILES string of the molecule is Cc1cc(-c2cccc(-c3cc(-c4ccccc4)cc(-c4ccccc4)c3)c2)c2sc3c(-c4cccc(-c5cc(-c6ccccc6)cc(-c6ccccc6)c5)c4)cc(C)cc3c2c1. The highest BCUT2D eigenvalue weighted by Crippen LogP contribution is 2.46. The minimum Gasteiger partial charge on any atom is -0.134 e. The lowest BCUT2D eigenvalue weighted by molar-refractivity contribution is 1.50. The van der Waals surface area contributed by atoms with Crippen LogP contribution in [0.25, 0.3) is 109 Å². The molecule has 0 saturated carbocycles. The maximum atomic E-state index is 2.39. The van der Waals surface area contributed by atoms with Gasteiger partial charge in [-0.1, -0.05) is 158 Å². The van der Waals surface area contributed by atoms with Gasteiger partial charge in [0.15, 0.2) is 0 Å². The number of rotatable bonds is 8. The zero-order chi connectivity index (χ0) is 42.3. The van der Waals surface area contributed by atoms with E-state index in [0.717, 1.165) is 0 Å². The molecular weight excluding hydrogens is 777 g/mol. The second kappa shape index (κ2) is 16.4. The molecule has 0 aliphatic carbocycles. The lowest BCUT2D eigenvalue weighted by atomic mass is 9.91. The minimum atomic E-state index is 1.21. The van der Waals surface area contributed by atoms with Gasteiger partial charge in [0.1, 0.15) is 0 Å². The molecule has 0 nitrogen and oxygen atoms in total. The second-order valence-corrected chi connectivity index (χ2v) is 17.7. The van der Waals surface area contributed by atoms with Crippen LogP contribution in [0, 0.1) is 13.8 Å². The summed E-state index contributed by atoms with van der Waals surface area (Å²) in [4.78, 5) is 0. The molecular formula is C62H44S. The number of fused-ring (bicyclic) bond motifs is 3. The predicted octanol–water partition coefficient (Wildman–Crippen LogP) is 18.0. The topological polar surface area (TPSA) is 0 Å². The molecule has 1 heteroatoms. The summed E-state index contributed by atoms with van der Waals surface area (Å²) in [5, 5.41) is 2.63. The van der Waals surface area contributed by atoms with Gasteiger partial charge in [-0.3, -0.25) is 0 Å². The Labute approximate surface area is 374 Å². The fraction of sp³-hybridized carbons (Fsp3) is 0.0323. The Bertz CT molecular complexity index is 3090. The molecule has 0 aliphatic heterocycles. The van der Waals surface area contributed by atoms with Crippen LogP contribution in [0.4, 0.5) is 0 Å². The Morgan fingerprint density at radius 3 is 0.794 bits per heavy atom. The highest BCUT2D eigenvalue weighted by Gasteiger charge is 2.18. The quantitative estimate of drug-likeness (QED) is 0.143. The fourth-order valence-electron chi connectivity index (χ4n) is 9.21. The molecule has 0 unspecified atom stereocenters. The van der Waals surface area contributed by atoms with Crippen molar-refractivity contribution in [3.05, 3.63) is 242 Å². The molecule has 0 fully saturated rings. The molecule has 63 heavy (non-hydrogen) atoms. The molecule has 0 spiro atoms. The minimum absolute atomic E-state index is 1.21. The Morgan fingerprint density at radius 2 is 0.476 bits per heavy atom. The van der Waals surface area contributed by atoms with Crippen molar-refractivity contribution >= 4 is 31.5 Å². The van der Waals surface area contributed by atoms with E-state index in [2.05, 4.69) is 244 Å². The first-order valence-corrected chi connectivity index (χ1v) is 22.5. The van der Waals surface area contributed by atoms with Crippen molar-refractivity contribution in [2.24, 2.45) is 0 Å². The van der Waals surface area contributed by atoms with Crippen molar-refractivity contribution in [2.45, 2.75) is 13.8 Å². The molecule has 10 aromatic carbocycles. The largest absolute Gasteiger partial charge is 0.134 e. The van der Waals surface area contributed by atoms with Crippen LogP contribution in [-0.4, -0.2) is 0 Å². The van der Waals surface area contributed by atoms with Crippen LogP contribution in [0.1, 0.15) is 11.1 Å². The summed E-state index contributed by atoms with van der Waals surface area (Å²) in [6.45, 7) is 4.47. The third-order valence-electron chi connectivity index (χ3n) is 12.3. The number of hydrogen-bond donors (Lipinski definition) is 0. The van der Waals surface area contributed by atoms with E-state index in [1.54, 1.807) is 0 Å². The van der Waals surface area contributed by atoms with Gasteiger partial charge < -0.3 is 0 Å². The van der Waals surface area contributed by atoms with Crippen LogP contribution in [0.5, 0.6) is 0 Å². The summed E-state index contributed by atoms with van der Waals surface area (Å²) in [5.41, 5.74) is 22.1. The zero-order valence-electron chi connectivity index (χ0n) is 35.3. The maximum absolute atomic E-state index is 2.39. The van der Waals surface area contributed by atoms with Crippen molar-refractivity contribution in [1.29, 1.82) is 0 Å². The average molecular weight is 821 g/mol. The van der Waals surface area contributed by atoms with Gasteiger partial charge in [0, 0.05) is 20.2 Å². The summed E-state index contributed by atoms with van der Waals surface area (Å²) < 4.78 is 2.64. The number of aryl methyl sites for hydroxylation is 2. The molecule has 0 atom stereocenters. The molecule has 11 rings (SSSR count).